The number of aromatic nitrogens is 4. The summed E-state index contributed by atoms with van der Waals surface area (Å²) in [7, 11) is 1.62. The van der Waals surface area contributed by atoms with Crippen molar-refractivity contribution in [3.05, 3.63) is 51.8 Å². The van der Waals surface area contributed by atoms with E-state index < -0.39 is 17.7 Å². The van der Waals surface area contributed by atoms with Gasteiger partial charge in [0.1, 0.15) is 17.2 Å². The first-order chi connectivity index (χ1) is 13.4. The molecule has 0 saturated heterocycles. The number of aryl methyl sites for hydroxylation is 2. The Morgan fingerprint density at radius 3 is 2.75 bits per heavy atom. The number of aliphatic hydroxyl groups excluding tert-OH is 1. The first-order valence-corrected chi connectivity index (χ1v) is 9.02. The van der Waals surface area contributed by atoms with Crippen molar-refractivity contribution in [1.82, 2.24) is 19.1 Å². The van der Waals surface area contributed by atoms with Crippen molar-refractivity contribution in [2.45, 2.75) is 32.7 Å². The molecule has 7 nitrogen and oxygen atoms in total. The molecule has 1 unspecified atom stereocenters. The van der Waals surface area contributed by atoms with Crippen molar-refractivity contribution >= 4 is 11.2 Å². The minimum absolute atomic E-state index is 0.0117. The molecule has 4 rings (SSSR count). The topological polar surface area (TPSA) is 82.2 Å². The maximum atomic E-state index is 14.0. The average molecular weight is 392 g/mol. The lowest BCUT2D eigenvalue weighted by molar-refractivity contribution is 0.242. The number of halogens is 2. The van der Waals surface area contributed by atoms with E-state index in [1.165, 1.54) is 15.2 Å². The number of imidazole rings is 1. The van der Waals surface area contributed by atoms with Gasteiger partial charge in [0, 0.05) is 31.7 Å². The molecule has 0 aliphatic carbocycles. The van der Waals surface area contributed by atoms with Crippen LogP contribution in [0.15, 0.2) is 23.1 Å². The summed E-state index contributed by atoms with van der Waals surface area (Å²) in [5.74, 6) is -0.975. The summed E-state index contributed by atoms with van der Waals surface area (Å²) in [5, 5.41) is 7.88. The summed E-state index contributed by atoms with van der Waals surface area (Å²) in [6, 6.07) is 1.44. The third kappa shape index (κ3) is 3.49. The maximum Gasteiger partial charge on any atom is 0.330 e. The van der Waals surface area contributed by atoms with Crippen molar-refractivity contribution in [3.8, 4) is 5.75 Å². The molecular formula is C19H22F2N4O3. The van der Waals surface area contributed by atoms with E-state index in [1.54, 1.807) is 20.2 Å². The molecule has 1 aromatic carbocycles. The Morgan fingerprint density at radius 1 is 1.36 bits per heavy atom. The van der Waals surface area contributed by atoms with Gasteiger partial charge < -0.3 is 9.84 Å². The summed E-state index contributed by atoms with van der Waals surface area (Å²) < 4.78 is 36.0. The van der Waals surface area contributed by atoms with Crippen molar-refractivity contribution in [2.75, 3.05) is 13.2 Å². The van der Waals surface area contributed by atoms with Crippen LogP contribution < -0.4 is 10.4 Å². The number of hydrogen-bond acceptors (Lipinski definition) is 5. The predicted octanol–water partition coefficient (Wildman–Crippen LogP) is 2.48. The lowest BCUT2D eigenvalue weighted by Crippen LogP contribution is -2.30. The van der Waals surface area contributed by atoms with Gasteiger partial charge in [0.05, 0.1) is 18.8 Å². The normalized spacial score (nSPS) is 15.6. The summed E-state index contributed by atoms with van der Waals surface area (Å²) >= 11 is 0. The fraction of sp³-hybridized carbons (Fsp3) is 0.421. The molecule has 150 valence electrons. The second-order valence-electron chi connectivity index (χ2n) is 6.52. The van der Waals surface area contributed by atoms with Crippen molar-refractivity contribution in [3.63, 3.8) is 0 Å². The minimum Gasteiger partial charge on any atom is -0.490 e. The van der Waals surface area contributed by atoms with Gasteiger partial charge >= 0.3 is 5.69 Å². The van der Waals surface area contributed by atoms with Gasteiger partial charge in [0.15, 0.2) is 17.2 Å². The van der Waals surface area contributed by atoms with Gasteiger partial charge in [-0.3, -0.25) is 9.13 Å². The third-order valence-corrected chi connectivity index (χ3v) is 4.52. The van der Waals surface area contributed by atoms with E-state index in [2.05, 4.69) is 9.97 Å². The molecule has 2 aromatic heterocycles. The van der Waals surface area contributed by atoms with Gasteiger partial charge in [-0.25, -0.2) is 23.5 Å². The largest absolute Gasteiger partial charge is 0.490 e. The van der Waals surface area contributed by atoms with Gasteiger partial charge in [-0.2, -0.15) is 0 Å². The van der Waals surface area contributed by atoms with Crippen LogP contribution >= 0.6 is 0 Å². The molecular weight excluding hydrogens is 370 g/mol. The number of nitrogens with zero attached hydrogens (tertiary/aromatic N) is 4. The van der Waals surface area contributed by atoms with E-state index in [1.807, 2.05) is 6.92 Å². The average Bonchev–Trinajstić information content (AvgIpc) is 2.91. The molecule has 0 amide bonds. The molecule has 3 aromatic rings. The van der Waals surface area contributed by atoms with Crippen LogP contribution in [0.4, 0.5) is 8.78 Å². The van der Waals surface area contributed by atoms with E-state index in [4.69, 9.17) is 9.84 Å². The van der Waals surface area contributed by atoms with Gasteiger partial charge in [-0.05, 0) is 19.4 Å². The molecule has 28 heavy (non-hydrogen) atoms. The number of benzene rings is 1. The molecule has 0 bridgehead atoms. The lowest BCUT2D eigenvalue weighted by atomic mass is 10.00. The van der Waals surface area contributed by atoms with Gasteiger partial charge in [0.25, 0.3) is 0 Å². The zero-order valence-electron chi connectivity index (χ0n) is 15.9. The molecule has 0 spiro atoms. The molecule has 0 radical (unpaired) electrons. The highest BCUT2D eigenvalue weighted by atomic mass is 19.1. The molecule has 0 fully saturated rings. The number of fused-ring (bicyclic) bond motifs is 2. The third-order valence-electron chi connectivity index (χ3n) is 4.52. The highest BCUT2D eigenvalue weighted by molar-refractivity contribution is 5.71. The number of rotatable bonds is 2. The molecule has 1 atom stereocenters. The summed E-state index contributed by atoms with van der Waals surface area (Å²) in [6.07, 6.45) is 2.86. The number of hydrogen-bond donors (Lipinski definition) is 1. The van der Waals surface area contributed by atoms with Crippen LogP contribution in [0.2, 0.25) is 0 Å². The van der Waals surface area contributed by atoms with Crippen LogP contribution in [0.25, 0.3) is 11.2 Å². The van der Waals surface area contributed by atoms with E-state index in [0.717, 1.165) is 12.5 Å². The fourth-order valence-electron chi connectivity index (χ4n) is 3.18. The van der Waals surface area contributed by atoms with E-state index in [0.29, 0.717) is 35.6 Å². The Bertz CT molecular complexity index is 1060. The highest BCUT2D eigenvalue weighted by Crippen LogP contribution is 2.37. The highest BCUT2D eigenvalue weighted by Gasteiger charge is 2.30. The first kappa shape index (κ1) is 19.9. The lowest BCUT2D eigenvalue weighted by Gasteiger charge is -2.27. The summed E-state index contributed by atoms with van der Waals surface area (Å²) in [6.45, 7) is 4.20. The summed E-state index contributed by atoms with van der Waals surface area (Å²) in [5.41, 5.74) is 1.00. The molecule has 1 aliphatic rings. The predicted molar refractivity (Wildman–Crippen MR) is 99.5 cm³/mol. The number of aliphatic hydroxyl groups is 1. The molecule has 0 saturated carbocycles. The van der Waals surface area contributed by atoms with E-state index in [-0.39, 0.29) is 18.0 Å². The molecule has 9 heteroatoms. The Labute approximate surface area is 160 Å². The quantitative estimate of drug-likeness (QED) is 0.725. The Kier molecular flexibility index (Phi) is 5.73. The van der Waals surface area contributed by atoms with Crippen molar-refractivity contribution in [1.29, 1.82) is 0 Å². The van der Waals surface area contributed by atoms with Crippen LogP contribution in [0.1, 0.15) is 37.2 Å². The van der Waals surface area contributed by atoms with Gasteiger partial charge in [-0.15, -0.1) is 0 Å². The Balaban J connectivity index is 0.000000516. The van der Waals surface area contributed by atoms with E-state index >= 15 is 0 Å². The maximum absolute atomic E-state index is 14.0. The Hall–Kier alpha value is -2.81. The second-order valence-corrected chi connectivity index (χ2v) is 6.52. The van der Waals surface area contributed by atoms with Gasteiger partial charge in [0.2, 0.25) is 0 Å². The minimum atomic E-state index is -0.770. The second kappa shape index (κ2) is 8.05. The smallest absolute Gasteiger partial charge is 0.330 e. The van der Waals surface area contributed by atoms with Crippen LogP contribution in [-0.2, 0) is 7.05 Å². The summed E-state index contributed by atoms with van der Waals surface area (Å²) in [4.78, 5) is 21.2. The zero-order valence-corrected chi connectivity index (χ0v) is 15.9. The molecule has 1 N–H and O–H groups in total. The van der Waals surface area contributed by atoms with Crippen LogP contribution in [0.3, 0.4) is 0 Å². The monoisotopic (exact) mass is 392 g/mol. The standard InChI is InChI=1S/C16H14F2N4O2.C3H8O/c1-8-19-7-13-15(20-8)22(16(23)21(13)2)12-3-4-24-14-10(12)5-9(17)6-11(14)18;1-2-3-4/h5-7,12H,3-4H2,1-2H3;4H,2-3H2,1H3. The van der Waals surface area contributed by atoms with Crippen LogP contribution in [-0.4, -0.2) is 37.4 Å². The Morgan fingerprint density at radius 2 is 2.07 bits per heavy atom. The fourth-order valence-corrected chi connectivity index (χ4v) is 3.18. The van der Waals surface area contributed by atoms with Gasteiger partial charge in [-0.1, -0.05) is 6.92 Å². The first-order valence-electron chi connectivity index (χ1n) is 9.02. The van der Waals surface area contributed by atoms with Crippen LogP contribution in [0, 0.1) is 18.6 Å². The van der Waals surface area contributed by atoms with Crippen molar-refractivity contribution < 1.29 is 18.6 Å². The zero-order chi connectivity index (χ0) is 20.4. The molecule has 3 heterocycles. The van der Waals surface area contributed by atoms with E-state index in [9.17, 15) is 13.6 Å². The van der Waals surface area contributed by atoms with Crippen LogP contribution in [0.5, 0.6) is 5.75 Å². The molecule has 1 aliphatic heterocycles. The SMILES string of the molecule is CCCO.Cc1ncc2c(n1)n(C1CCOc3c(F)cc(F)cc31)c(=O)n2C. The van der Waals surface area contributed by atoms with Crippen molar-refractivity contribution in [2.24, 2.45) is 7.05 Å². The number of ether oxygens (including phenoxy) is 1.